The van der Waals surface area contributed by atoms with Gasteiger partial charge in [0, 0.05) is 17.7 Å². The summed E-state index contributed by atoms with van der Waals surface area (Å²) in [6.45, 7) is 0. The van der Waals surface area contributed by atoms with Gasteiger partial charge in [-0.2, -0.15) is 0 Å². The molecule has 2 rings (SSSR count). The molecular weight excluding hydrogens is 272 g/mol. The fourth-order valence-corrected chi connectivity index (χ4v) is 2.16. The predicted molar refractivity (Wildman–Crippen MR) is 78.5 cm³/mol. The lowest BCUT2D eigenvalue weighted by molar-refractivity contribution is 0.0697. The van der Waals surface area contributed by atoms with Crippen LogP contribution < -0.4 is 14.2 Å². The number of carbonyl (C=O) groups is 1. The minimum Gasteiger partial charge on any atom is -0.496 e. The molecule has 0 saturated heterocycles. The Morgan fingerprint density at radius 1 is 0.952 bits per heavy atom. The third-order valence-corrected chi connectivity index (χ3v) is 3.14. The summed E-state index contributed by atoms with van der Waals surface area (Å²) in [6.07, 6.45) is 0. The van der Waals surface area contributed by atoms with Crippen LogP contribution in [-0.2, 0) is 0 Å². The van der Waals surface area contributed by atoms with E-state index in [0.717, 1.165) is 0 Å². The summed E-state index contributed by atoms with van der Waals surface area (Å²) in [4.78, 5) is 11.4. The van der Waals surface area contributed by atoms with Crippen molar-refractivity contribution in [2.75, 3.05) is 21.3 Å². The molecule has 0 unspecified atom stereocenters. The van der Waals surface area contributed by atoms with Crippen LogP contribution in [0.3, 0.4) is 0 Å². The van der Waals surface area contributed by atoms with Crippen LogP contribution in [0.5, 0.6) is 17.2 Å². The molecular formula is C16H16O5. The molecule has 5 heteroatoms. The average molecular weight is 288 g/mol. The third kappa shape index (κ3) is 2.76. The molecule has 0 amide bonds. The second-order valence-electron chi connectivity index (χ2n) is 4.26. The first-order valence-electron chi connectivity index (χ1n) is 6.25. The van der Waals surface area contributed by atoms with Crippen molar-refractivity contribution in [1.29, 1.82) is 0 Å². The standard InChI is InChI=1S/C16H16O5/c1-19-10-8-13(20-2)15(14(9-10)21-3)11-6-4-5-7-12(11)16(17)18/h4-9H,1-3H3,(H,17,18). The second kappa shape index (κ2) is 6.17. The van der Waals surface area contributed by atoms with Crippen LogP contribution in [0.2, 0.25) is 0 Å². The first-order valence-corrected chi connectivity index (χ1v) is 6.25. The molecule has 0 aliphatic heterocycles. The second-order valence-corrected chi connectivity index (χ2v) is 4.26. The first-order chi connectivity index (χ1) is 10.1. The number of hydrogen-bond acceptors (Lipinski definition) is 4. The Morgan fingerprint density at radius 2 is 1.52 bits per heavy atom. The molecule has 2 aromatic carbocycles. The maximum Gasteiger partial charge on any atom is 0.336 e. The molecule has 0 radical (unpaired) electrons. The third-order valence-electron chi connectivity index (χ3n) is 3.14. The molecule has 0 aromatic heterocycles. The van der Waals surface area contributed by atoms with E-state index in [2.05, 4.69) is 0 Å². The Balaban J connectivity index is 2.76. The minimum absolute atomic E-state index is 0.180. The van der Waals surface area contributed by atoms with E-state index in [4.69, 9.17) is 14.2 Å². The number of hydrogen-bond donors (Lipinski definition) is 1. The highest BCUT2D eigenvalue weighted by molar-refractivity contribution is 5.98. The summed E-state index contributed by atoms with van der Waals surface area (Å²) in [5.74, 6) is 0.533. The Kier molecular flexibility index (Phi) is 4.33. The van der Waals surface area contributed by atoms with Crippen LogP contribution >= 0.6 is 0 Å². The number of carboxylic acids is 1. The normalized spacial score (nSPS) is 10.0. The van der Waals surface area contributed by atoms with Crippen LogP contribution in [-0.4, -0.2) is 32.4 Å². The van der Waals surface area contributed by atoms with Crippen molar-refractivity contribution in [2.24, 2.45) is 0 Å². The van der Waals surface area contributed by atoms with Crippen molar-refractivity contribution >= 4 is 5.97 Å². The Labute approximate surface area is 122 Å². The summed E-state index contributed by atoms with van der Waals surface area (Å²) < 4.78 is 15.9. The highest BCUT2D eigenvalue weighted by Gasteiger charge is 2.20. The maximum absolute atomic E-state index is 11.4. The molecule has 1 N–H and O–H groups in total. The smallest absolute Gasteiger partial charge is 0.336 e. The highest BCUT2D eigenvalue weighted by atomic mass is 16.5. The molecule has 0 spiro atoms. The molecule has 0 aliphatic rings. The van der Waals surface area contributed by atoms with E-state index in [1.165, 1.54) is 14.2 Å². The molecule has 110 valence electrons. The zero-order valence-electron chi connectivity index (χ0n) is 12.0. The van der Waals surface area contributed by atoms with Crippen LogP contribution in [0, 0.1) is 0 Å². The molecule has 0 heterocycles. The number of methoxy groups -OCH3 is 3. The topological polar surface area (TPSA) is 65.0 Å². The van der Waals surface area contributed by atoms with Crippen molar-refractivity contribution in [2.45, 2.75) is 0 Å². The Hall–Kier alpha value is -2.69. The monoisotopic (exact) mass is 288 g/mol. The summed E-state index contributed by atoms with van der Waals surface area (Å²) in [5.41, 5.74) is 1.29. The van der Waals surface area contributed by atoms with E-state index >= 15 is 0 Å². The number of benzene rings is 2. The van der Waals surface area contributed by atoms with E-state index in [-0.39, 0.29) is 5.56 Å². The number of carboxylic acid groups (broad SMARTS) is 1. The van der Waals surface area contributed by atoms with Gasteiger partial charge in [0.2, 0.25) is 0 Å². The lowest BCUT2D eigenvalue weighted by Crippen LogP contribution is -2.02. The average Bonchev–Trinajstić information content (AvgIpc) is 2.53. The van der Waals surface area contributed by atoms with Crippen LogP contribution in [0.1, 0.15) is 10.4 Å². The van der Waals surface area contributed by atoms with Crippen LogP contribution in [0.25, 0.3) is 11.1 Å². The SMILES string of the molecule is COc1cc(OC)c(-c2ccccc2C(=O)O)c(OC)c1. The fraction of sp³-hybridized carbons (Fsp3) is 0.188. The fourth-order valence-electron chi connectivity index (χ4n) is 2.16. The summed E-state index contributed by atoms with van der Waals surface area (Å²) >= 11 is 0. The molecule has 0 atom stereocenters. The van der Waals surface area contributed by atoms with Crippen molar-refractivity contribution < 1.29 is 24.1 Å². The van der Waals surface area contributed by atoms with Crippen molar-refractivity contribution in [1.82, 2.24) is 0 Å². The van der Waals surface area contributed by atoms with E-state index in [9.17, 15) is 9.90 Å². The summed E-state index contributed by atoms with van der Waals surface area (Å²) in [5, 5.41) is 9.35. The zero-order valence-corrected chi connectivity index (χ0v) is 12.0. The van der Waals surface area contributed by atoms with Crippen LogP contribution in [0.15, 0.2) is 36.4 Å². The zero-order chi connectivity index (χ0) is 15.4. The van der Waals surface area contributed by atoms with Gasteiger partial charge in [-0.15, -0.1) is 0 Å². The van der Waals surface area contributed by atoms with Gasteiger partial charge in [0.05, 0.1) is 32.5 Å². The summed E-state index contributed by atoms with van der Waals surface area (Å²) in [7, 11) is 4.57. The van der Waals surface area contributed by atoms with Gasteiger partial charge in [0.1, 0.15) is 17.2 Å². The van der Waals surface area contributed by atoms with Crippen molar-refractivity contribution in [3.63, 3.8) is 0 Å². The van der Waals surface area contributed by atoms with Gasteiger partial charge < -0.3 is 19.3 Å². The van der Waals surface area contributed by atoms with E-state index in [0.29, 0.717) is 28.4 Å². The first kappa shape index (κ1) is 14.7. The molecule has 21 heavy (non-hydrogen) atoms. The number of ether oxygens (including phenoxy) is 3. The molecule has 5 nitrogen and oxygen atoms in total. The van der Waals surface area contributed by atoms with Gasteiger partial charge in [0.15, 0.2) is 0 Å². The lowest BCUT2D eigenvalue weighted by Gasteiger charge is -2.16. The molecule has 0 saturated carbocycles. The van der Waals surface area contributed by atoms with Gasteiger partial charge in [-0.3, -0.25) is 0 Å². The van der Waals surface area contributed by atoms with Gasteiger partial charge in [0.25, 0.3) is 0 Å². The van der Waals surface area contributed by atoms with Crippen molar-refractivity contribution in [3.05, 3.63) is 42.0 Å². The van der Waals surface area contributed by atoms with E-state index in [1.807, 2.05) is 0 Å². The van der Waals surface area contributed by atoms with E-state index < -0.39 is 5.97 Å². The van der Waals surface area contributed by atoms with Gasteiger partial charge in [-0.25, -0.2) is 4.79 Å². The molecule has 0 fully saturated rings. The lowest BCUT2D eigenvalue weighted by atomic mass is 9.97. The molecule has 0 bridgehead atoms. The molecule has 2 aromatic rings. The van der Waals surface area contributed by atoms with Crippen molar-refractivity contribution in [3.8, 4) is 28.4 Å². The maximum atomic E-state index is 11.4. The summed E-state index contributed by atoms with van der Waals surface area (Å²) in [6, 6.07) is 10.1. The number of rotatable bonds is 5. The van der Waals surface area contributed by atoms with Gasteiger partial charge in [-0.1, -0.05) is 18.2 Å². The minimum atomic E-state index is -1.01. The largest absolute Gasteiger partial charge is 0.496 e. The Morgan fingerprint density at radius 3 is 2.00 bits per heavy atom. The van der Waals surface area contributed by atoms with Gasteiger partial charge >= 0.3 is 5.97 Å². The van der Waals surface area contributed by atoms with Gasteiger partial charge in [-0.05, 0) is 6.07 Å². The highest BCUT2D eigenvalue weighted by Crippen LogP contribution is 2.42. The van der Waals surface area contributed by atoms with E-state index in [1.54, 1.807) is 43.5 Å². The quantitative estimate of drug-likeness (QED) is 0.916. The predicted octanol–water partition coefficient (Wildman–Crippen LogP) is 3.08. The number of aromatic carboxylic acids is 1. The Bertz CT molecular complexity index is 638. The van der Waals surface area contributed by atoms with Crippen LogP contribution in [0.4, 0.5) is 0 Å². The molecule has 0 aliphatic carbocycles.